The van der Waals surface area contributed by atoms with E-state index in [9.17, 15) is 4.39 Å². The highest BCUT2D eigenvalue weighted by atomic mass is 35.5. The molecule has 0 fully saturated rings. The molecule has 0 atom stereocenters. The van der Waals surface area contributed by atoms with Crippen LogP contribution in [0.3, 0.4) is 0 Å². The average Bonchev–Trinajstić information content (AvgIpc) is 2.33. The predicted octanol–water partition coefficient (Wildman–Crippen LogP) is 2.76. The van der Waals surface area contributed by atoms with Gasteiger partial charge in [-0.15, -0.1) is 0 Å². The van der Waals surface area contributed by atoms with E-state index in [0.29, 0.717) is 11.6 Å². The van der Waals surface area contributed by atoms with Crippen LogP contribution in [-0.4, -0.2) is 22.0 Å². The lowest BCUT2D eigenvalue weighted by atomic mass is 10.2. The summed E-state index contributed by atoms with van der Waals surface area (Å²) in [5.41, 5.74) is 1.22. The molecule has 2 N–H and O–H groups in total. The van der Waals surface area contributed by atoms with Crippen molar-refractivity contribution in [2.75, 3.05) is 17.7 Å². The van der Waals surface area contributed by atoms with Gasteiger partial charge in [0.1, 0.15) is 5.82 Å². The van der Waals surface area contributed by atoms with Crippen molar-refractivity contribution >= 4 is 29.2 Å². The molecule has 18 heavy (non-hydrogen) atoms. The summed E-state index contributed by atoms with van der Waals surface area (Å²) in [5, 5.41) is 5.54. The zero-order valence-corrected chi connectivity index (χ0v) is 10.6. The second-order valence-electron chi connectivity index (χ2n) is 3.61. The van der Waals surface area contributed by atoms with Crippen molar-refractivity contribution in [3.63, 3.8) is 0 Å². The smallest absolute Gasteiger partial charge is 0.233 e. The van der Waals surface area contributed by atoms with Crippen LogP contribution in [0, 0.1) is 12.7 Å². The van der Waals surface area contributed by atoms with Crippen LogP contribution in [-0.2, 0) is 0 Å². The maximum Gasteiger partial charge on any atom is 0.233 e. The Morgan fingerprint density at radius 1 is 1.17 bits per heavy atom. The van der Waals surface area contributed by atoms with Crippen LogP contribution < -0.4 is 10.6 Å². The summed E-state index contributed by atoms with van der Waals surface area (Å²) in [6, 6.07) is 4.71. The Kier molecular flexibility index (Phi) is 3.57. The molecule has 0 bridgehead atoms. The lowest BCUT2D eigenvalue weighted by Crippen LogP contribution is -2.04. The van der Waals surface area contributed by atoms with Crippen molar-refractivity contribution in [1.29, 1.82) is 0 Å². The summed E-state index contributed by atoms with van der Waals surface area (Å²) in [6.45, 7) is 1.87. The third-order valence-corrected chi connectivity index (χ3v) is 2.37. The molecular formula is C11H11ClFN5. The van der Waals surface area contributed by atoms with Gasteiger partial charge in [0, 0.05) is 7.05 Å². The number of hydrogen-bond donors (Lipinski definition) is 2. The third kappa shape index (κ3) is 2.84. The third-order valence-electron chi connectivity index (χ3n) is 2.20. The first-order chi connectivity index (χ1) is 8.58. The van der Waals surface area contributed by atoms with E-state index in [1.54, 1.807) is 19.2 Å². The molecular weight excluding hydrogens is 257 g/mol. The molecule has 1 aromatic carbocycles. The summed E-state index contributed by atoms with van der Waals surface area (Å²) in [5.74, 6) is 0.109. The van der Waals surface area contributed by atoms with Crippen molar-refractivity contribution in [3.05, 3.63) is 34.9 Å². The highest BCUT2D eigenvalue weighted by Gasteiger charge is 2.07. The van der Waals surface area contributed by atoms with Gasteiger partial charge in [0.25, 0.3) is 0 Å². The van der Waals surface area contributed by atoms with Gasteiger partial charge in [-0.3, -0.25) is 0 Å². The van der Waals surface area contributed by atoms with E-state index in [1.165, 1.54) is 6.07 Å². The first-order valence-electron chi connectivity index (χ1n) is 5.21. The van der Waals surface area contributed by atoms with Gasteiger partial charge in [0.15, 0.2) is 0 Å². The molecule has 0 saturated carbocycles. The Hall–Kier alpha value is -1.95. The van der Waals surface area contributed by atoms with E-state index in [1.807, 2.05) is 6.92 Å². The number of aryl methyl sites for hydroxylation is 1. The van der Waals surface area contributed by atoms with Crippen LogP contribution >= 0.6 is 11.6 Å². The van der Waals surface area contributed by atoms with Gasteiger partial charge in [-0.2, -0.15) is 15.0 Å². The summed E-state index contributed by atoms with van der Waals surface area (Å²) in [6.07, 6.45) is 0. The molecule has 0 aliphatic heterocycles. The molecule has 0 unspecified atom stereocenters. The second-order valence-corrected chi connectivity index (χ2v) is 3.95. The van der Waals surface area contributed by atoms with Gasteiger partial charge in [-0.25, -0.2) is 4.39 Å². The minimum Gasteiger partial charge on any atom is -0.357 e. The summed E-state index contributed by atoms with van der Waals surface area (Å²) in [4.78, 5) is 11.7. The largest absolute Gasteiger partial charge is 0.357 e. The van der Waals surface area contributed by atoms with E-state index in [2.05, 4.69) is 25.6 Å². The first-order valence-corrected chi connectivity index (χ1v) is 5.59. The van der Waals surface area contributed by atoms with E-state index in [0.717, 1.165) is 5.56 Å². The number of anilines is 3. The molecule has 0 saturated heterocycles. The molecule has 5 nitrogen and oxygen atoms in total. The zero-order chi connectivity index (χ0) is 13.1. The lowest BCUT2D eigenvalue weighted by Gasteiger charge is -2.08. The van der Waals surface area contributed by atoms with Gasteiger partial charge in [-0.1, -0.05) is 6.07 Å². The van der Waals surface area contributed by atoms with Crippen LogP contribution in [0.2, 0.25) is 5.28 Å². The van der Waals surface area contributed by atoms with Crippen LogP contribution in [0.1, 0.15) is 5.56 Å². The van der Waals surface area contributed by atoms with Gasteiger partial charge >= 0.3 is 0 Å². The van der Waals surface area contributed by atoms with Crippen molar-refractivity contribution in [1.82, 2.24) is 15.0 Å². The summed E-state index contributed by atoms with van der Waals surface area (Å²) >= 11 is 5.73. The fraction of sp³-hybridized carbons (Fsp3) is 0.182. The maximum atomic E-state index is 13.6. The Morgan fingerprint density at radius 3 is 2.61 bits per heavy atom. The Morgan fingerprint density at radius 2 is 1.89 bits per heavy atom. The van der Waals surface area contributed by atoms with Gasteiger partial charge < -0.3 is 10.6 Å². The fourth-order valence-corrected chi connectivity index (χ4v) is 1.53. The summed E-state index contributed by atoms with van der Waals surface area (Å²) in [7, 11) is 1.66. The molecule has 2 rings (SSSR count). The molecule has 1 aromatic heterocycles. The molecule has 0 radical (unpaired) electrons. The SMILES string of the molecule is CNc1nc(Cl)nc(Nc2cc(C)ccc2F)n1. The van der Waals surface area contributed by atoms with Crippen LogP contribution in [0.25, 0.3) is 0 Å². The van der Waals surface area contributed by atoms with Gasteiger partial charge in [-0.05, 0) is 36.2 Å². The second kappa shape index (κ2) is 5.14. The fourth-order valence-electron chi connectivity index (χ4n) is 1.37. The molecule has 0 aliphatic rings. The zero-order valence-electron chi connectivity index (χ0n) is 9.83. The molecule has 7 heteroatoms. The molecule has 94 valence electrons. The van der Waals surface area contributed by atoms with Crippen molar-refractivity contribution in [3.8, 4) is 0 Å². The van der Waals surface area contributed by atoms with Crippen LogP contribution in [0.4, 0.5) is 22.0 Å². The molecule has 1 heterocycles. The van der Waals surface area contributed by atoms with Crippen molar-refractivity contribution < 1.29 is 4.39 Å². The van der Waals surface area contributed by atoms with E-state index in [-0.39, 0.29) is 17.0 Å². The number of halogens is 2. The summed E-state index contributed by atoms with van der Waals surface area (Å²) < 4.78 is 13.6. The minimum absolute atomic E-state index is 0.0323. The van der Waals surface area contributed by atoms with Crippen molar-refractivity contribution in [2.24, 2.45) is 0 Å². The number of nitrogens with zero attached hydrogens (tertiary/aromatic N) is 3. The predicted molar refractivity (Wildman–Crippen MR) is 68.8 cm³/mol. The highest BCUT2D eigenvalue weighted by molar-refractivity contribution is 6.28. The standard InChI is InChI=1S/C11H11ClFN5/c1-6-3-4-7(13)8(5-6)15-11-17-9(12)16-10(14-2)18-11/h3-5H,1-2H3,(H2,14,15,16,17,18). The number of aromatic nitrogens is 3. The highest BCUT2D eigenvalue weighted by Crippen LogP contribution is 2.20. The Bertz CT molecular complexity index is 575. The van der Waals surface area contributed by atoms with Crippen LogP contribution in [0.5, 0.6) is 0 Å². The number of hydrogen-bond acceptors (Lipinski definition) is 5. The Labute approximate surface area is 108 Å². The normalized spacial score (nSPS) is 10.2. The first kappa shape index (κ1) is 12.5. The van der Waals surface area contributed by atoms with Gasteiger partial charge in [0.05, 0.1) is 5.69 Å². The van der Waals surface area contributed by atoms with E-state index < -0.39 is 0 Å². The Balaban J connectivity index is 2.33. The monoisotopic (exact) mass is 267 g/mol. The van der Waals surface area contributed by atoms with E-state index >= 15 is 0 Å². The van der Waals surface area contributed by atoms with Crippen LogP contribution in [0.15, 0.2) is 18.2 Å². The number of rotatable bonds is 3. The molecule has 2 aromatic rings. The molecule has 0 amide bonds. The molecule has 0 aliphatic carbocycles. The maximum absolute atomic E-state index is 13.6. The van der Waals surface area contributed by atoms with Gasteiger partial charge in [0.2, 0.25) is 17.2 Å². The minimum atomic E-state index is -0.386. The topological polar surface area (TPSA) is 62.7 Å². The van der Waals surface area contributed by atoms with E-state index in [4.69, 9.17) is 11.6 Å². The average molecular weight is 268 g/mol. The number of benzene rings is 1. The molecule has 0 spiro atoms. The lowest BCUT2D eigenvalue weighted by molar-refractivity contribution is 0.631. The number of nitrogens with one attached hydrogen (secondary N) is 2. The quantitative estimate of drug-likeness (QED) is 0.895. The van der Waals surface area contributed by atoms with Crippen molar-refractivity contribution in [2.45, 2.75) is 6.92 Å².